The number of aryl methyl sites for hydroxylation is 1. The number of anilines is 1. The van der Waals surface area contributed by atoms with Gasteiger partial charge in [-0.25, -0.2) is 13.8 Å². The molecule has 3 rings (SSSR count). The first-order chi connectivity index (χ1) is 15.8. The standard InChI is InChI=1S/C24H25N3O5S/c1-18-12-13-23(32-3)22(14-18)27(33(29,30)21-10-5-4-6-11-21)17-24(28)26-25-16-19-8-7-9-20(15-19)31-2/h4-16H,17H2,1-3H3,(H,26,28)/b25-16+. The summed E-state index contributed by atoms with van der Waals surface area (Å²) >= 11 is 0. The van der Waals surface area contributed by atoms with Gasteiger partial charge in [0.2, 0.25) is 0 Å². The predicted molar refractivity (Wildman–Crippen MR) is 127 cm³/mol. The van der Waals surface area contributed by atoms with E-state index in [1.807, 2.05) is 6.92 Å². The topological polar surface area (TPSA) is 97.3 Å². The Morgan fingerprint density at radius 2 is 1.76 bits per heavy atom. The zero-order valence-corrected chi connectivity index (χ0v) is 19.4. The number of hydrogen-bond donors (Lipinski definition) is 1. The first-order valence-corrected chi connectivity index (χ1v) is 11.5. The molecular formula is C24H25N3O5S. The molecular weight excluding hydrogens is 442 g/mol. The first kappa shape index (κ1) is 23.8. The van der Waals surface area contributed by atoms with Crippen molar-refractivity contribution in [2.24, 2.45) is 5.10 Å². The van der Waals surface area contributed by atoms with Crippen LogP contribution in [0.15, 0.2) is 82.8 Å². The lowest BCUT2D eigenvalue weighted by molar-refractivity contribution is -0.119. The second-order valence-corrected chi connectivity index (χ2v) is 8.93. The number of benzene rings is 3. The smallest absolute Gasteiger partial charge is 0.264 e. The third-order valence-corrected chi connectivity index (χ3v) is 6.49. The molecule has 0 saturated heterocycles. The van der Waals surface area contributed by atoms with Crippen molar-refractivity contribution in [3.05, 3.63) is 83.9 Å². The van der Waals surface area contributed by atoms with Gasteiger partial charge in [0.25, 0.3) is 15.9 Å². The zero-order chi connectivity index (χ0) is 23.8. The largest absolute Gasteiger partial charge is 0.497 e. The van der Waals surface area contributed by atoms with Crippen LogP contribution in [-0.2, 0) is 14.8 Å². The Kier molecular flexibility index (Phi) is 7.68. The molecule has 0 unspecified atom stereocenters. The van der Waals surface area contributed by atoms with Gasteiger partial charge in [0.1, 0.15) is 18.0 Å². The first-order valence-electron chi connectivity index (χ1n) is 10.0. The number of nitrogens with zero attached hydrogens (tertiary/aromatic N) is 2. The van der Waals surface area contributed by atoms with Crippen molar-refractivity contribution in [3.63, 3.8) is 0 Å². The van der Waals surface area contributed by atoms with Crippen molar-refractivity contribution in [2.75, 3.05) is 25.1 Å². The van der Waals surface area contributed by atoms with Crippen LogP contribution in [-0.4, -0.2) is 41.3 Å². The Bertz CT molecular complexity index is 1240. The van der Waals surface area contributed by atoms with Crippen LogP contribution in [0, 0.1) is 6.92 Å². The fourth-order valence-corrected chi connectivity index (χ4v) is 4.53. The molecule has 0 fully saturated rings. The number of hydrogen-bond acceptors (Lipinski definition) is 6. The van der Waals surface area contributed by atoms with Crippen LogP contribution in [0.3, 0.4) is 0 Å². The summed E-state index contributed by atoms with van der Waals surface area (Å²) in [5, 5.41) is 3.95. The van der Waals surface area contributed by atoms with Gasteiger partial charge in [-0.2, -0.15) is 5.10 Å². The van der Waals surface area contributed by atoms with Gasteiger partial charge >= 0.3 is 0 Å². The summed E-state index contributed by atoms with van der Waals surface area (Å²) in [5.74, 6) is 0.363. The van der Waals surface area contributed by atoms with E-state index in [1.165, 1.54) is 25.5 Å². The van der Waals surface area contributed by atoms with Gasteiger partial charge in [-0.1, -0.05) is 36.4 Å². The molecule has 0 bridgehead atoms. The van der Waals surface area contributed by atoms with E-state index in [2.05, 4.69) is 10.5 Å². The Hall–Kier alpha value is -3.85. The van der Waals surface area contributed by atoms with E-state index in [9.17, 15) is 13.2 Å². The van der Waals surface area contributed by atoms with Crippen LogP contribution in [0.5, 0.6) is 11.5 Å². The summed E-state index contributed by atoms with van der Waals surface area (Å²) in [6.07, 6.45) is 1.45. The number of hydrazone groups is 1. The molecule has 3 aromatic carbocycles. The molecule has 0 spiro atoms. The van der Waals surface area contributed by atoms with E-state index < -0.39 is 22.5 Å². The highest BCUT2D eigenvalue weighted by Crippen LogP contribution is 2.33. The fourth-order valence-electron chi connectivity index (χ4n) is 3.08. The molecule has 0 aliphatic carbocycles. The van der Waals surface area contributed by atoms with Gasteiger partial charge in [0.05, 0.1) is 31.0 Å². The van der Waals surface area contributed by atoms with Crippen LogP contribution in [0.4, 0.5) is 5.69 Å². The van der Waals surface area contributed by atoms with Gasteiger partial charge in [-0.15, -0.1) is 0 Å². The highest BCUT2D eigenvalue weighted by atomic mass is 32.2. The number of amides is 1. The average Bonchev–Trinajstić information content (AvgIpc) is 2.83. The van der Waals surface area contributed by atoms with E-state index >= 15 is 0 Å². The minimum Gasteiger partial charge on any atom is -0.497 e. The average molecular weight is 468 g/mol. The highest BCUT2D eigenvalue weighted by Gasteiger charge is 2.29. The number of sulfonamides is 1. The highest BCUT2D eigenvalue weighted by molar-refractivity contribution is 7.92. The van der Waals surface area contributed by atoms with Gasteiger partial charge in [0, 0.05) is 0 Å². The molecule has 0 radical (unpaired) electrons. The van der Waals surface area contributed by atoms with Crippen molar-refractivity contribution >= 4 is 27.8 Å². The minimum absolute atomic E-state index is 0.0567. The molecule has 1 N–H and O–H groups in total. The summed E-state index contributed by atoms with van der Waals surface area (Å²) in [6.45, 7) is 1.33. The van der Waals surface area contributed by atoms with Crippen LogP contribution in [0.2, 0.25) is 0 Å². The Balaban J connectivity index is 1.89. The maximum Gasteiger partial charge on any atom is 0.264 e. The molecule has 9 heteroatoms. The minimum atomic E-state index is -4.06. The second kappa shape index (κ2) is 10.6. The third kappa shape index (κ3) is 5.89. The van der Waals surface area contributed by atoms with Crippen LogP contribution in [0.1, 0.15) is 11.1 Å². The quantitative estimate of drug-likeness (QED) is 0.384. The number of nitrogens with one attached hydrogen (secondary N) is 1. The summed E-state index contributed by atoms with van der Waals surface area (Å²) in [6, 6.07) is 20.2. The number of carbonyl (C=O) groups excluding carboxylic acids is 1. The van der Waals surface area contributed by atoms with E-state index in [1.54, 1.807) is 67.8 Å². The van der Waals surface area contributed by atoms with Crippen molar-refractivity contribution in [2.45, 2.75) is 11.8 Å². The second-order valence-electron chi connectivity index (χ2n) is 7.07. The van der Waals surface area contributed by atoms with Crippen LogP contribution in [0.25, 0.3) is 0 Å². The number of methoxy groups -OCH3 is 2. The van der Waals surface area contributed by atoms with Gasteiger partial charge in [-0.3, -0.25) is 9.10 Å². The fraction of sp³-hybridized carbons (Fsp3) is 0.167. The predicted octanol–water partition coefficient (Wildman–Crippen LogP) is 3.36. The summed E-state index contributed by atoms with van der Waals surface area (Å²) in [7, 11) is -1.06. The summed E-state index contributed by atoms with van der Waals surface area (Å²) < 4.78 is 38.5. The van der Waals surface area contributed by atoms with Gasteiger partial charge in [0.15, 0.2) is 0 Å². The van der Waals surface area contributed by atoms with Crippen molar-refractivity contribution in [1.29, 1.82) is 0 Å². The lowest BCUT2D eigenvalue weighted by Crippen LogP contribution is -2.39. The molecule has 0 aromatic heterocycles. The molecule has 8 nitrogen and oxygen atoms in total. The molecule has 1 amide bonds. The van der Waals surface area contributed by atoms with Crippen LogP contribution >= 0.6 is 0 Å². The van der Waals surface area contributed by atoms with E-state index in [4.69, 9.17) is 9.47 Å². The maximum absolute atomic E-state index is 13.5. The number of carbonyl (C=O) groups is 1. The monoisotopic (exact) mass is 467 g/mol. The molecule has 172 valence electrons. The van der Waals surface area contributed by atoms with E-state index in [0.717, 1.165) is 9.87 Å². The van der Waals surface area contributed by atoms with E-state index in [0.29, 0.717) is 17.1 Å². The van der Waals surface area contributed by atoms with Gasteiger partial charge in [-0.05, 0) is 54.4 Å². The number of rotatable bonds is 9. The van der Waals surface area contributed by atoms with Crippen molar-refractivity contribution in [3.8, 4) is 11.5 Å². The molecule has 0 aliphatic rings. The summed E-state index contributed by atoms with van der Waals surface area (Å²) in [5.41, 5.74) is 4.17. The molecule has 0 heterocycles. The lowest BCUT2D eigenvalue weighted by Gasteiger charge is -2.25. The van der Waals surface area contributed by atoms with Crippen molar-refractivity contribution in [1.82, 2.24) is 5.43 Å². The lowest BCUT2D eigenvalue weighted by atomic mass is 10.2. The molecule has 0 atom stereocenters. The normalized spacial score (nSPS) is 11.2. The van der Waals surface area contributed by atoms with Crippen LogP contribution < -0.4 is 19.2 Å². The summed E-state index contributed by atoms with van der Waals surface area (Å²) in [4.78, 5) is 12.8. The Labute approximate surface area is 193 Å². The maximum atomic E-state index is 13.5. The van der Waals surface area contributed by atoms with Crippen molar-refractivity contribution < 1.29 is 22.7 Å². The SMILES string of the molecule is COc1cccc(/C=N/NC(=O)CN(c2cc(C)ccc2OC)S(=O)(=O)c2ccccc2)c1. The van der Waals surface area contributed by atoms with E-state index in [-0.39, 0.29) is 10.6 Å². The third-order valence-electron chi connectivity index (χ3n) is 4.72. The zero-order valence-electron chi connectivity index (χ0n) is 18.6. The molecule has 33 heavy (non-hydrogen) atoms. The Morgan fingerprint density at radius 1 is 1.00 bits per heavy atom. The molecule has 3 aromatic rings. The molecule has 0 saturated carbocycles. The molecule has 0 aliphatic heterocycles. The van der Waals surface area contributed by atoms with Gasteiger partial charge < -0.3 is 9.47 Å². The Morgan fingerprint density at radius 3 is 2.45 bits per heavy atom. The number of ether oxygens (including phenoxy) is 2.